The minimum Gasteiger partial charge on any atom is -0.377 e. The van der Waals surface area contributed by atoms with E-state index in [4.69, 9.17) is 10.00 Å². The third kappa shape index (κ3) is 3.25. The van der Waals surface area contributed by atoms with Gasteiger partial charge in [-0.1, -0.05) is 0 Å². The smallest absolute Gasteiger partial charge is 0.161 e. The highest BCUT2D eigenvalue weighted by Gasteiger charge is 2.21. The van der Waals surface area contributed by atoms with Crippen LogP contribution in [0, 0.1) is 28.8 Å². The molecule has 1 heterocycles. The molecule has 0 spiro atoms. The number of rotatable bonds is 4. The highest BCUT2D eigenvalue weighted by Crippen LogP contribution is 2.21. The molecule has 0 saturated carbocycles. The fourth-order valence-electron chi connectivity index (χ4n) is 2.04. The summed E-state index contributed by atoms with van der Waals surface area (Å²) >= 11 is 0. The first kappa shape index (κ1) is 13.8. The quantitative estimate of drug-likeness (QED) is 0.855. The second-order valence-electron chi connectivity index (χ2n) is 4.39. The van der Waals surface area contributed by atoms with Gasteiger partial charge in [-0.2, -0.15) is 5.26 Å². The van der Waals surface area contributed by atoms with E-state index in [1.54, 1.807) is 0 Å². The van der Waals surface area contributed by atoms with Crippen LogP contribution in [0.25, 0.3) is 0 Å². The number of nitrogens with zero attached hydrogens (tertiary/aromatic N) is 1. The van der Waals surface area contributed by atoms with Gasteiger partial charge in [0.15, 0.2) is 11.6 Å². The SMILES string of the molecule is N#CC(NCC1CCCO1)c1cc(F)c(F)cc1F. The molecule has 102 valence electrons. The number of nitriles is 1. The molecule has 0 bridgehead atoms. The van der Waals surface area contributed by atoms with Crippen LogP contribution < -0.4 is 5.32 Å². The Morgan fingerprint density at radius 2 is 2.05 bits per heavy atom. The van der Waals surface area contributed by atoms with Gasteiger partial charge >= 0.3 is 0 Å². The van der Waals surface area contributed by atoms with E-state index in [-0.39, 0.29) is 11.7 Å². The number of halogens is 3. The van der Waals surface area contributed by atoms with Gasteiger partial charge < -0.3 is 4.74 Å². The van der Waals surface area contributed by atoms with Crippen molar-refractivity contribution in [1.29, 1.82) is 5.26 Å². The first-order valence-corrected chi connectivity index (χ1v) is 6.01. The summed E-state index contributed by atoms with van der Waals surface area (Å²) < 4.78 is 44.8. The molecular weight excluding hydrogens is 257 g/mol. The van der Waals surface area contributed by atoms with Gasteiger partial charge in [-0.3, -0.25) is 5.32 Å². The second kappa shape index (κ2) is 6.04. The lowest BCUT2D eigenvalue weighted by molar-refractivity contribution is 0.109. The Morgan fingerprint density at radius 1 is 1.32 bits per heavy atom. The zero-order chi connectivity index (χ0) is 13.8. The van der Waals surface area contributed by atoms with Gasteiger partial charge in [0.2, 0.25) is 0 Å². The van der Waals surface area contributed by atoms with Crippen molar-refractivity contribution in [1.82, 2.24) is 5.32 Å². The monoisotopic (exact) mass is 270 g/mol. The fraction of sp³-hybridized carbons (Fsp3) is 0.462. The molecule has 1 aliphatic heterocycles. The first-order valence-electron chi connectivity index (χ1n) is 6.01. The predicted molar refractivity (Wildman–Crippen MR) is 61.6 cm³/mol. The second-order valence-corrected chi connectivity index (χ2v) is 4.39. The maximum atomic E-state index is 13.5. The van der Waals surface area contributed by atoms with Crippen molar-refractivity contribution in [2.24, 2.45) is 0 Å². The standard InChI is InChI=1S/C13H13F3N2O/c14-10-5-12(16)11(15)4-9(10)13(6-17)18-7-8-2-1-3-19-8/h4-5,8,13,18H,1-3,7H2. The molecule has 2 unspecified atom stereocenters. The maximum Gasteiger partial charge on any atom is 0.161 e. The van der Waals surface area contributed by atoms with E-state index in [2.05, 4.69) is 5.32 Å². The minimum atomic E-state index is -1.27. The van der Waals surface area contributed by atoms with Crippen LogP contribution in [0.4, 0.5) is 13.2 Å². The molecule has 0 aliphatic carbocycles. The van der Waals surface area contributed by atoms with Gasteiger partial charge in [0.25, 0.3) is 0 Å². The van der Waals surface area contributed by atoms with Crippen molar-refractivity contribution >= 4 is 0 Å². The lowest BCUT2D eigenvalue weighted by Gasteiger charge is -2.16. The van der Waals surface area contributed by atoms with Gasteiger partial charge in [-0.15, -0.1) is 0 Å². The van der Waals surface area contributed by atoms with Crippen molar-refractivity contribution in [3.63, 3.8) is 0 Å². The highest BCUT2D eigenvalue weighted by molar-refractivity contribution is 5.27. The third-order valence-corrected chi connectivity index (χ3v) is 3.05. The molecule has 6 heteroatoms. The van der Waals surface area contributed by atoms with Crippen LogP contribution in [-0.4, -0.2) is 19.3 Å². The molecule has 0 aromatic heterocycles. The van der Waals surface area contributed by atoms with Crippen LogP contribution in [-0.2, 0) is 4.74 Å². The Labute approximate surface area is 109 Å². The average molecular weight is 270 g/mol. The zero-order valence-electron chi connectivity index (χ0n) is 10.1. The summed E-state index contributed by atoms with van der Waals surface area (Å²) in [6.45, 7) is 1.04. The maximum absolute atomic E-state index is 13.5. The van der Waals surface area contributed by atoms with Crippen molar-refractivity contribution in [3.8, 4) is 6.07 Å². The summed E-state index contributed by atoms with van der Waals surface area (Å²) in [6.07, 6.45) is 1.79. The number of ether oxygens (including phenoxy) is 1. The van der Waals surface area contributed by atoms with E-state index in [9.17, 15) is 13.2 Å². The number of hydrogen-bond acceptors (Lipinski definition) is 3. The Balaban J connectivity index is 2.08. The Morgan fingerprint density at radius 3 is 2.68 bits per heavy atom. The molecule has 1 aromatic rings. The van der Waals surface area contributed by atoms with Gasteiger partial charge in [-0.05, 0) is 18.9 Å². The van der Waals surface area contributed by atoms with Crippen LogP contribution in [0.1, 0.15) is 24.4 Å². The van der Waals surface area contributed by atoms with E-state index in [1.165, 1.54) is 0 Å². The number of benzene rings is 1. The van der Waals surface area contributed by atoms with Crippen molar-refractivity contribution in [3.05, 3.63) is 35.1 Å². The molecule has 0 radical (unpaired) electrons. The van der Waals surface area contributed by atoms with E-state index in [0.717, 1.165) is 12.8 Å². The summed E-state index contributed by atoms with van der Waals surface area (Å²) in [5.41, 5.74) is -0.195. The summed E-state index contributed by atoms with van der Waals surface area (Å²) in [4.78, 5) is 0. The lowest BCUT2D eigenvalue weighted by Crippen LogP contribution is -2.30. The minimum absolute atomic E-state index is 0.0239. The highest BCUT2D eigenvalue weighted by atomic mass is 19.2. The van der Waals surface area contributed by atoms with Crippen LogP contribution in [0.2, 0.25) is 0 Å². The van der Waals surface area contributed by atoms with Gasteiger partial charge in [0, 0.05) is 24.8 Å². The molecule has 1 saturated heterocycles. The Hall–Kier alpha value is -1.58. The van der Waals surface area contributed by atoms with E-state index in [1.807, 2.05) is 6.07 Å². The predicted octanol–water partition coefficient (Wildman–Crippen LogP) is 2.44. The van der Waals surface area contributed by atoms with E-state index in [0.29, 0.717) is 25.3 Å². The summed E-state index contributed by atoms with van der Waals surface area (Å²) in [7, 11) is 0. The van der Waals surface area contributed by atoms with Crippen molar-refractivity contribution in [2.75, 3.05) is 13.2 Å². The average Bonchev–Trinajstić information content (AvgIpc) is 2.89. The number of hydrogen-bond donors (Lipinski definition) is 1. The Kier molecular flexibility index (Phi) is 4.40. The summed E-state index contributed by atoms with van der Waals surface area (Å²) in [5.74, 6) is -3.38. The fourth-order valence-corrected chi connectivity index (χ4v) is 2.04. The molecular formula is C13H13F3N2O. The normalized spacial score (nSPS) is 20.2. The van der Waals surface area contributed by atoms with Crippen LogP contribution >= 0.6 is 0 Å². The van der Waals surface area contributed by atoms with Crippen molar-refractivity contribution in [2.45, 2.75) is 25.0 Å². The van der Waals surface area contributed by atoms with Crippen LogP contribution in [0.15, 0.2) is 12.1 Å². The largest absolute Gasteiger partial charge is 0.377 e. The van der Waals surface area contributed by atoms with Gasteiger partial charge in [0.05, 0.1) is 12.2 Å². The van der Waals surface area contributed by atoms with E-state index >= 15 is 0 Å². The molecule has 1 aliphatic rings. The molecule has 2 rings (SSSR count). The molecule has 19 heavy (non-hydrogen) atoms. The topological polar surface area (TPSA) is 45.0 Å². The van der Waals surface area contributed by atoms with Gasteiger partial charge in [0.1, 0.15) is 11.9 Å². The third-order valence-electron chi connectivity index (χ3n) is 3.05. The number of nitrogens with one attached hydrogen (secondary N) is 1. The molecule has 1 fully saturated rings. The summed E-state index contributed by atoms with van der Waals surface area (Å²) in [6, 6.07) is 1.96. The Bertz CT molecular complexity index is 495. The van der Waals surface area contributed by atoms with E-state index < -0.39 is 23.5 Å². The summed E-state index contributed by atoms with van der Waals surface area (Å²) in [5, 5.41) is 11.8. The molecule has 3 nitrogen and oxygen atoms in total. The molecule has 1 aromatic carbocycles. The molecule has 0 amide bonds. The lowest BCUT2D eigenvalue weighted by atomic mass is 10.1. The van der Waals surface area contributed by atoms with Crippen LogP contribution in [0.3, 0.4) is 0 Å². The van der Waals surface area contributed by atoms with Gasteiger partial charge in [-0.25, -0.2) is 13.2 Å². The zero-order valence-corrected chi connectivity index (χ0v) is 10.1. The molecule has 2 atom stereocenters. The van der Waals surface area contributed by atoms with Crippen molar-refractivity contribution < 1.29 is 17.9 Å². The first-order chi connectivity index (χ1) is 9.11. The molecule has 1 N–H and O–H groups in total. The van der Waals surface area contributed by atoms with Crippen LogP contribution in [0.5, 0.6) is 0 Å².